The minimum atomic E-state index is -4.30. The van der Waals surface area contributed by atoms with Crippen molar-refractivity contribution in [1.82, 2.24) is 13.9 Å². The van der Waals surface area contributed by atoms with Crippen LogP contribution in [-0.4, -0.2) is 39.5 Å². The first kappa shape index (κ1) is 29.1. The Kier molecular flexibility index (Phi) is 7.15. The molecule has 3 aromatic carbocycles. The minimum absolute atomic E-state index is 0.0144. The molecule has 45 heavy (non-hydrogen) atoms. The Morgan fingerprint density at radius 3 is 2.31 bits per heavy atom. The van der Waals surface area contributed by atoms with E-state index in [-0.39, 0.29) is 45.1 Å². The number of hydrogen-bond donors (Lipinski definition) is 2. The van der Waals surface area contributed by atoms with Gasteiger partial charge in [0.2, 0.25) is 0 Å². The minimum Gasteiger partial charge on any atom is -0.481 e. The van der Waals surface area contributed by atoms with Crippen LogP contribution in [0.2, 0.25) is 0 Å². The third-order valence-corrected chi connectivity index (χ3v) is 10.9. The molecule has 0 radical (unpaired) electrons. The molecule has 2 bridgehead atoms. The van der Waals surface area contributed by atoms with Gasteiger partial charge in [-0.05, 0) is 62.6 Å². The molecule has 230 valence electrons. The lowest BCUT2D eigenvalue weighted by Crippen LogP contribution is -2.51. The maximum atomic E-state index is 15.5. The maximum absolute atomic E-state index is 15.5. The van der Waals surface area contributed by atoms with Gasteiger partial charge < -0.3 is 10.4 Å². The predicted molar refractivity (Wildman–Crippen MR) is 166 cm³/mol. The molecule has 3 saturated carbocycles. The lowest BCUT2D eigenvalue weighted by molar-refractivity contribution is -0.148. The molecule has 2 unspecified atom stereocenters. The summed E-state index contributed by atoms with van der Waals surface area (Å²) in [5.74, 6) is -2.76. The van der Waals surface area contributed by atoms with Crippen molar-refractivity contribution in [2.45, 2.75) is 43.5 Å². The fourth-order valence-electron chi connectivity index (χ4n) is 7.02. The Balaban J connectivity index is 1.42. The molecule has 3 aliphatic rings. The summed E-state index contributed by atoms with van der Waals surface area (Å²) >= 11 is 0. The highest BCUT2D eigenvalue weighted by Gasteiger charge is 2.47. The first-order valence-electron chi connectivity index (χ1n) is 14.9. The summed E-state index contributed by atoms with van der Waals surface area (Å²) in [4.78, 5) is 21.8. The van der Waals surface area contributed by atoms with Gasteiger partial charge in [0.1, 0.15) is 17.2 Å². The van der Waals surface area contributed by atoms with Crippen LogP contribution in [0.1, 0.15) is 31.2 Å². The van der Waals surface area contributed by atoms with Crippen molar-refractivity contribution in [3.05, 3.63) is 96.2 Å². The van der Waals surface area contributed by atoms with E-state index in [0.29, 0.717) is 17.6 Å². The van der Waals surface area contributed by atoms with Gasteiger partial charge in [-0.1, -0.05) is 48.0 Å². The fraction of sp³-hybridized carbons (Fsp3) is 0.265. The number of rotatable bonds is 7. The molecule has 0 saturated heterocycles. The zero-order valence-corrected chi connectivity index (χ0v) is 25.1. The number of nitrogens with zero attached hydrogens (tertiary/aromatic N) is 3. The molecule has 8 rings (SSSR count). The van der Waals surface area contributed by atoms with E-state index in [4.69, 9.17) is 9.97 Å². The lowest BCUT2D eigenvalue weighted by Gasteiger charge is -2.47. The third-order valence-electron chi connectivity index (χ3n) is 9.22. The Labute approximate surface area is 258 Å². The fourth-order valence-corrected chi connectivity index (χ4v) is 8.40. The molecule has 0 spiro atoms. The Morgan fingerprint density at radius 1 is 0.933 bits per heavy atom. The third kappa shape index (κ3) is 5.14. The number of benzene rings is 3. The largest absolute Gasteiger partial charge is 0.481 e. The lowest BCUT2D eigenvalue weighted by atomic mass is 9.61. The van der Waals surface area contributed by atoms with Crippen molar-refractivity contribution in [3.63, 3.8) is 0 Å². The van der Waals surface area contributed by atoms with E-state index in [2.05, 4.69) is 5.32 Å². The standard InChI is InChI=1S/C34H30F2N4O4S/c1-19-7-13-24(14-8-19)45(43,44)40-18-26(25-15-23(35)16-27(36)32(25)40)33-37-28(20-5-3-2-4-6-20)17-29(39-33)38-31-22-11-9-21(10-12-22)30(31)34(41)42/h2-8,13-18,21-22,30-31H,9-12H2,1H3,(H,41,42)(H,37,38,39). The number of aromatic nitrogens is 3. The second-order valence-corrected chi connectivity index (χ2v) is 13.8. The van der Waals surface area contributed by atoms with Gasteiger partial charge in [0, 0.05) is 40.9 Å². The van der Waals surface area contributed by atoms with Crippen molar-refractivity contribution in [3.8, 4) is 22.6 Å². The van der Waals surface area contributed by atoms with Gasteiger partial charge >= 0.3 is 5.97 Å². The SMILES string of the molecule is Cc1ccc(S(=O)(=O)n2cc(-c3nc(NC4C5CCC(CC5)C4C(=O)O)cc(-c4ccccc4)n3)c3cc(F)cc(F)c32)cc1. The topological polar surface area (TPSA) is 114 Å². The van der Waals surface area contributed by atoms with Crippen LogP contribution in [0, 0.1) is 36.3 Å². The van der Waals surface area contributed by atoms with Crippen molar-refractivity contribution >= 4 is 32.7 Å². The van der Waals surface area contributed by atoms with Crippen molar-refractivity contribution in [1.29, 1.82) is 0 Å². The van der Waals surface area contributed by atoms with Crippen molar-refractivity contribution in [2.24, 2.45) is 17.8 Å². The van der Waals surface area contributed by atoms with Crippen LogP contribution in [0.4, 0.5) is 14.6 Å². The van der Waals surface area contributed by atoms with Gasteiger partial charge in [0.15, 0.2) is 11.6 Å². The summed E-state index contributed by atoms with van der Waals surface area (Å²) in [6, 6.07) is 18.5. The average Bonchev–Trinajstić information content (AvgIpc) is 3.43. The summed E-state index contributed by atoms with van der Waals surface area (Å²) in [5.41, 5.74) is 1.85. The van der Waals surface area contributed by atoms with Crippen LogP contribution in [0.15, 0.2) is 83.9 Å². The number of carboxylic acids is 1. The number of carbonyl (C=O) groups is 1. The molecular formula is C34H30F2N4O4S. The molecular weight excluding hydrogens is 598 g/mol. The first-order chi connectivity index (χ1) is 21.6. The molecule has 2 heterocycles. The summed E-state index contributed by atoms with van der Waals surface area (Å²) in [5, 5.41) is 13.5. The normalized spacial score (nSPS) is 21.2. The Morgan fingerprint density at radius 2 is 1.62 bits per heavy atom. The second-order valence-electron chi connectivity index (χ2n) is 12.0. The highest BCUT2D eigenvalue weighted by Crippen LogP contribution is 2.46. The number of hydrogen-bond acceptors (Lipinski definition) is 6. The first-order valence-corrected chi connectivity index (χ1v) is 16.3. The van der Waals surface area contributed by atoms with Gasteiger partial charge in [-0.25, -0.2) is 31.1 Å². The van der Waals surface area contributed by atoms with E-state index in [1.54, 1.807) is 18.2 Å². The molecule has 3 fully saturated rings. The summed E-state index contributed by atoms with van der Waals surface area (Å²) in [6.45, 7) is 1.82. The highest BCUT2D eigenvalue weighted by atomic mass is 32.2. The van der Waals surface area contributed by atoms with Gasteiger partial charge in [-0.2, -0.15) is 0 Å². The van der Waals surface area contributed by atoms with Crippen molar-refractivity contribution < 1.29 is 27.1 Å². The van der Waals surface area contributed by atoms with E-state index in [1.807, 2.05) is 37.3 Å². The molecule has 5 aromatic rings. The number of halogens is 2. The second kappa shape index (κ2) is 11.1. The van der Waals surface area contributed by atoms with Crippen LogP contribution >= 0.6 is 0 Å². The summed E-state index contributed by atoms with van der Waals surface area (Å²) in [6.07, 6.45) is 4.79. The van der Waals surface area contributed by atoms with Gasteiger partial charge in [0.05, 0.1) is 16.5 Å². The molecule has 0 amide bonds. The number of aryl methyl sites for hydroxylation is 1. The molecule has 3 aliphatic carbocycles. The number of nitrogens with one attached hydrogen (secondary N) is 1. The average molecular weight is 629 g/mol. The highest BCUT2D eigenvalue weighted by molar-refractivity contribution is 7.90. The number of carboxylic acid groups (broad SMARTS) is 1. The predicted octanol–water partition coefficient (Wildman–Crippen LogP) is 6.89. The van der Waals surface area contributed by atoms with Gasteiger partial charge in [-0.3, -0.25) is 4.79 Å². The van der Waals surface area contributed by atoms with E-state index < -0.39 is 33.5 Å². The van der Waals surface area contributed by atoms with Crippen LogP contribution < -0.4 is 5.32 Å². The van der Waals surface area contributed by atoms with E-state index >= 15 is 4.39 Å². The van der Waals surface area contributed by atoms with Crippen LogP contribution in [0.5, 0.6) is 0 Å². The van der Waals surface area contributed by atoms with Gasteiger partial charge in [-0.15, -0.1) is 0 Å². The summed E-state index contributed by atoms with van der Waals surface area (Å²) in [7, 11) is -4.30. The zero-order chi connectivity index (χ0) is 31.5. The number of anilines is 1. The molecule has 2 N–H and O–H groups in total. The zero-order valence-electron chi connectivity index (χ0n) is 24.3. The van der Waals surface area contributed by atoms with Crippen LogP contribution in [-0.2, 0) is 14.8 Å². The quantitative estimate of drug-likeness (QED) is 0.202. The van der Waals surface area contributed by atoms with Gasteiger partial charge in [0.25, 0.3) is 10.0 Å². The number of fused-ring (bicyclic) bond motifs is 4. The van der Waals surface area contributed by atoms with Crippen molar-refractivity contribution in [2.75, 3.05) is 5.32 Å². The van der Waals surface area contributed by atoms with E-state index in [9.17, 15) is 22.7 Å². The molecule has 8 nitrogen and oxygen atoms in total. The smallest absolute Gasteiger partial charge is 0.308 e. The molecule has 2 aromatic heterocycles. The molecule has 11 heteroatoms. The monoisotopic (exact) mass is 628 g/mol. The number of aliphatic carboxylic acids is 1. The Hall–Kier alpha value is -4.64. The van der Waals surface area contributed by atoms with E-state index in [1.165, 1.54) is 18.3 Å². The van der Waals surface area contributed by atoms with E-state index in [0.717, 1.165) is 46.8 Å². The molecule has 2 atom stereocenters. The maximum Gasteiger partial charge on any atom is 0.308 e. The van der Waals surface area contributed by atoms with Crippen LogP contribution in [0.3, 0.4) is 0 Å². The summed E-state index contributed by atoms with van der Waals surface area (Å²) < 4.78 is 58.6. The Bertz CT molecular complexity index is 2040. The van der Waals surface area contributed by atoms with Crippen LogP contribution in [0.25, 0.3) is 33.5 Å². The molecule has 0 aliphatic heterocycles.